The quantitative estimate of drug-likeness (QED) is 0.138. The third-order valence-electron chi connectivity index (χ3n) is 5.35. The molecule has 0 fully saturated rings. The number of rotatable bonds is 31. The lowest BCUT2D eigenvalue weighted by molar-refractivity contribution is -0.0412. The summed E-state index contributed by atoms with van der Waals surface area (Å²) in [4.78, 5) is 0. The lowest BCUT2D eigenvalue weighted by Gasteiger charge is -2.13. The van der Waals surface area contributed by atoms with Gasteiger partial charge in [0.2, 0.25) is 0 Å². The fourth-order valence-corrected chi connectivity index (χ4v) is 3.34. The van der Waals surface area contributed by atoms with Crippen LogP contribution in [0.3, 0.4) is 0 Å². The van der Waals surface area contributed by atoms with E-state index in [1.807, 2.05) is 6.92 Å². The second kappa shape index (κ2) is 31.7. The molecule has 0 heterocycles. The lowest BCUT2D eigenvalue weighted by Crippen LogP contribution is -2.19. The molecule has 0 rings (SSSR count). The number of aliphatic hydroxyl groups excluding tert-OH is 1. The van der Waals surface area contributed by atoms with Crippen LogP contribution in [0, 0.1) is 0 Å². The van der Waals surface area contributed by atoms with Gasteiger partial charge in [0.1, 0.15) is 0 Å². The maximum Gasteiger partial charge on any atom is 0.0781 e. The van der Waals surface area contributed by atoms with Gasteiger partial charge in [-0.2, -0.15) is 0 Å². The standard InChI is InChI=1S/C27H56O8/c1-3-4-5-6-7-8-9-10-11-12-14-34-26-27(2)35-25-24-33-23-22-32-21-20-31-19-18-30-17-16-29-15-13-28/h27-28H,3-26H2,1-2H3. The summed E-state index contributed by atoms with van der Waals surface area (Å²) in [5, 5.41) is 8.57. The average Bonchev–Trinajstić information content (AvgIpc) is 2.86. The van der Waals surface area contributed by atoms with Gasteiger partial charge >= 0.3 is 0 Å². The first-order valence-electron chi connectivity index (χ1n) is 14.0. The number of hydrogen-bond acceptors (Lipinski definition) is 8. The molecule has 0 amide bonds. The summed E-state index contributed by atoms with van der Waals surface area (Å²) < 4.78 is 38.3. The van der Waals surface area contributed by atoms with Crippen molar-refractivity contribution in [1.82, 2.24) is 0 Å². The van der Waals surface area contributed by atoms with E-state index in [9.17, 15) is 0 Å². The van der Waals surface area contributed by atoms with E-state index in [1.54, 1.807) is 0 Å². The Labute approximate surface area is 215 Å². The summed E-state index contributed by atoms with van der Waals surface area (Å²) in [7, 11) is 0. The van der Waals surface area contributed by atoms with Crippen molar-refractivity contribution in [3.8, 4) is 0 Å². The largest absolute Gasteiger partial charge is 0.394 e. The van der Waals surface area contributed by atoms with Crippen molar-refractivity contribution in [2.75, 3.05) is 92.5 Å². The van der Waals surface area contributed by atoms with Crippen LogP contribution in [0.15, 0.2) is 0 Å². The van der Waals surface area contributed by atoms with Gasteiger partial charge in [-0.1, -0.05) is 64.7 Å². The van der Waals surface area contributed by atoms with Crippen LogP contribution in [0.4, 0.5) is 0 Å². The molecule has 0 aromatic heterocycles. The van der Waals surface area contributed by atoms with Crippen molar-refractivity contribution in [1.29, 1.82) is 0 Å². The Hall–Kier alpha value is -0.320. The van der Waals surface area contributed by atoms with E-state index in [2.05, 4.69) is 6.92 Å². The molecule has 35 heavy (non-hydrogen) atoms. The van der Waals surface area contributed by atoms with Gasteiger partial charge < -0.3 is 38.3 Å². The molecule has 0 aromatic rings. The highest BCUT2D eigenvalue weighted by molar-refractivity contribution is 4.50. The molecule has 1 atom stereocenters. The summed E-state index contributed by atoms with van der Waals surface area (Å²) in [6, 6.07) is 0. The molecule has 8 heteroatoms. The van der Waals surface area contributed by atoms with Crippen molar-refractivity contribution >= 4 is 0 Å². The van der Waals surface area contributed by atoms with Crippen molar-refractivity contribution in [3.05, 3.63) is 0 Å². The third kappa shape index (κ3) is 31.7. The van der Waals surface area contributed by atoms with Crippen molar-refractivity contribution in [2.45, 2.75) is 84.2 Å². The number of unbranched alkanes of at least 4 members (excludes halogenated alkanes) is 9. The van der Waals surface area contributed by atoms with Gasteiger partial charge in [0.15, 0.2) is 0 Å². The summed E-state index contributed by atoms with van der Waals surface area (Å²) in [5.74, 6) is 0. The molecule has 212 valence electrons. The van der Waals surface area contributed by atoms with E-state index in [0.29, 0.717) is 79.3 Å². The zero-order chi connectivity index (χ0) is 25.5. The van der Waals surface area contributed by atoms with Gasteiger partial charge in [0.25, 0.3) is 0 Å². The molecule has 0 bridgehead atoms. The minimum atomic E-state index is 0.0378. The molecule has 8 nitrogen and oxygen atoms in total. The Balaban J connectivity index is 3.13. The van der Waals surface area contributed by atoms with E-state index >= 15 is 0 Å². The molecule has 0 aliphatic heterocycles. The van der Waals surface area contributed by atoms with E-state index in [-0.39, 0.29) is 12.7 Å². The molecule has 0 saturated carbocycles. The van der Waals surface area contributed by atoms with Crippen molar-refractivity contribution in [2.24, 2.45) is 0 Å². The van der Waals surface area contributed by atoms with Crippen LogP contribution in [-0.4, -0.2) is 104 Å². The van der Waals surface area contributed by atoms with E-state index in [4.69, 9.17) is 38.3 Å². The summed E-state index contributed by atoms with van der Waals surface area (Å²) in [6.45, 7) is 11.5. The Morgan fingerprint density at radius 2 is 0.857 bits per heavy atom. The predicted octanol–water partition coefficient (Wildman–Crippen LogP) is 4.40. The number of ether oxygens (including phenoxy) is 7. The monoisotopic (exact) mass is 508 g/mol. The van der Waals surface area contributed by atoms with Crippen LogP contribution in [0.2, 0.25) is 0 Å². The number of hydrogen-bond donors (Lipinski definition) is 1. The maximum atomic E-state index is 8.57. The van der Waals surface area contributed by atoms with E-state index in [0.717, 1.165) is 13.0 Å². The van der Waals surface area contributed by atoms with Crippen LogP contribution in [0.25, 0.3) is 0 Å². The van der Waals surface area contributed by atoms with Gasteiger partial charge in [0, 0.05) is 6.61 Å². The lowest BCUT2D eigenvalue weighted by atomic mass is 10.1. The third-order valence-corrected chi connectivity index (χ3v) is 5.35. The molecule has 0 aliphatic rings. The second-order valence-electron chi connectivity index (χ2n) is 8.72. The smallest absolute Gasteiger partial charge is 0.0781 e. The summed E-state index contributed by atoms with van der Waals surface area (Å²) in [6.07, 6.45) is 13.5. The van der Waals surface area contributed by atoms with Gasteiger partial charge in [-0.05, 0) is 13.3 Å². The van der Waals surface area contributed by atoms with Gasteiger partial charge in [0.05, 0.1) is 92.0 Å². The fourth-order valence-electron chi connectivity index (χ4n) is 3.34. The highest BCUT2D eigenvalue weighted by Gasteiger charge is 2.02. The van der Waals surface area contributed by atoms with Gasteiger partial charge in [-0.3, -0.25) is 0 Å². The second-order valence-corrected chi connectivity index (χ2v) is 8.72. The Morgan fingerprint density at radius 3 is 1.31 bits per heavy atom. The van der Waals surface area contributed by atoms with Crippen molar-refractivity contribution in [3.63, 3.8) is 0 Å². The van der Waals surface area contributed by atoms with Gasteiger partial charge in [-0.15, -0.1) is 0 Å². The normalized spacial score (nSPS) is 12.4. The van der Waals surface area contributed by atoms with E-state index < -0.39 is 0 Å². The highest BCUT2D eigenvalue weighted by Crippen LogP contribution is 2.10. The first-order valence-corrected chi connectivity index (χ1v) is 14.0. The average molecular weight is 509 g/mol. The molecule has 1 N–H and O–H groups in total. The summed E-state index contributed by atoms with van der Waals surface area (Å²) in [5.41, 5.74) is 0. The molecule has 0 radical (unpaired) electrons. The molecular weight excluding hydrogens is 452 g/mol. The Bertz CT molecular complexity index is 373. The zero-order valence-corrected chi connectivity index (χ0v) is 22.9. The topological polar surface area (TPSA) is 84.8 Å². The van der Waals surface area contributed by atoms with Crippen LogP contribution in [0.1, 0.15) is 78.1 Å². The highest BCUT2D eigenvalue weighted by atomic mass is 16.6. The molecule has 1 unspecified atom stereocenters. The zero-order valence-electron chi connectivity index (χ0n) is 22.9. The molecule has 0 spiro atoms. The maximum absolute atomic E-state index is 8.57. The van der Waals surface area contributed by atoms with Crippen LogP contribution >= 0.6 is 0 Å². The molecular formula is C27H56O8. The molecule has 0 aliphatic carbocycles. The fraction of sp³-hybridized carbons (Fsp3) is 1.00. The Morgan fingerprint density at radius 1 is 0.457 bits per heavy atom. The van der Waals surface area contributed by atoms with Crippen LogP contribution in [-0.2, 0) is 33.2 Å². The van der Waals surface area contributed by atoms with Crippen LogP contribution in [0.5, 0.6) is 0 Å². The SMILES string of the molecule is CCCCCCCCCCCCOCC(C)OCCOCCOCCOCCOCCOCCO. The van der Waals surface area contributed by atoms with E-state index in [1.165, 1.54) is 57.8 Å². The molecule has 0 saturated heterocycles. The van der Waals surface area contributed by atoms with Crippen LogP contribution < -0.4 is 0 Å². The first-order chi connectivity index (χ1) is 17.3. The minimum Gasteiger partial charge on any atom is -0.394 e. The first kappa shape index (κ1) is 34.7. The van der Waals surface area contributed by atoms with Crippen molar-refractivity contribution < 1.29 is 38.3 Å². The van der Waals surface area contributed by atoms with Gasteiger partial charge in [-0.25, -0.2) is 0 Å². The summed E-state index contributed by atoms with van der Waals surface area (Å²) >= 11 is 0. The Kier molecular flexibility index (Phi) is 31.4. The minimum absolute atomic E-state index is 0.0378. The molecule has 0 aromatic carbocycles. The number of aliphatic hydroxyl groups is 1. The predicted molar refractivity (Wildman–Crippen MR) is 139 cm³/mol.